The lowest BCUT2D eigenvalue weighted by Crippen LogP contribution is -2.14. The van der Waals surface area contributed by atoms with Crippen molar-refractivity contribution in [1.82, 2.24) is 0 Å². The van der Waals surface area contributed by atoms with Gasteiger partial charge in [-0.3, -0.25) is 10.1 Å². The van der Waals surface area contributed by atoms with E-state index in [1.54, 1.807) is 13.0 Å². The third kappa shape index (κ3) is 3.71. The van der Waals surface area contributed by atoms with Gasteiger partial charge < -0.3 is 4.74 Å². The molecule has 0 aliphatic heterocycles. The van der Waals surface area contributed by atoms with E-state index in [0.717, 1.165) is 0 Å². The number of hydrogen-bond donors (Lipinski definition) is 0. The van der Waals surface area contributed by atoms with Gasteiger partial charge in [-0.25, -0.2) is 4.79 Å². The summed E-state index contributed by atoms with van der Waals surface area (Å²) in [7, 11) is 0. The summed E-state index contributed by atoms with van der Waals surface area (Å²) in [6.45, 7) is 5.30. The number of carbonyl (C=O) groups excluding carboxylic acids is 1. The summed E-state index contributed by atoms with van der Waals surface area (Å²) in [6.07, 6.45) is 1.97. The summed E-state index contributed by atoms with van der Waals surface area (Å²) in [4.78, 5) is 21.5. The highest BCUT2D eigenvalue weighted by Crippen LogP contribution is 2.13. The second-order valence-electron chi connectivity index (χ2n) is 3.54. The molecule has 0 spiro atoms. The van der Waals surface area contributed by atoms with Crippen molar-refractivity contribution < 1.29 is 14.5 Å². The quantitative estimate of drug-likeness (QED) is 0.340. The number of esters is 1. The van der Waals surface area contributed by atoms with Crippen molar-refractivity contribution in [3.05, 3.63) is 52.6 Å². The molecule has 0 aliphatic rings. The highest BCUT2D eigenvalue weighted by Gasteiger charge is 2.12. The van der Waals surface area contributed by atoms with Gasteiger partial charge in [0.15, 0.2) is 0 Å². The summed E-state index contributed by atoms with van der Waals surface area (Å²) < 4.78 is 5.10. The fraction of sp³-hybridized carbons (Fsp3) is 0.250. The summed E-state index contributed by atoms with van der Waals surface area (Å²) in [5, 5.41) is 10.4. The highest BCUT2D eigenvalue weighted by atomic mass is 16.6. The molecule has 5 heteroatoms. The molecule has 1 unspecified atom stereocenters. The zero-order valence-corrected chi connectivity index (χ0v) is 9.46. The van der Waals surface area contributed by atoms with Gasteiger partial charge in [0.1, 0.15) is 6.10 Å². The van der Waals surface area contributed by atoms with Gasteiger partial charge in [-0.05, 0) is 19.1 Å². The Hall–Kier alpha value is -2.17. The van der Waals surface area contributed by atoms with Crippen LogP contribution in [0.4, 0.5) is 5.69 Å². The summed E-state index contributed by atoms with van der Waals surface area (Å²) in [6, 6.07) is 5.30. The van der Waals surface area contributed by atoms with Crippen LogP contribution in [-0.4, -0.2) is 17.0 Å². The number of non-ortho nitro benzene ring substituents is 1. The smallest absolute Gasteiger partial charge is 0.338 e. The topological polar surface area (TPSA) is 69.4 Å². The Morgan fingerprint density at radius 3 is 2.59 bits per heavy atom. The normalized spacial score (nSPS) is 11.6. The average molecular weight is 235 g/mol. The molecule has 90 valence electrons. The van der Waals surface area contributed by atoms with Gasteiger partial charge in [0.2, 0.25) is 0 Å². The molecule has 0 heterocycles. The van der Waals surface area contributed by atoms with Crippen LogP contribution in [0.25, 0.3) is 0 Å². The highest BCUT2D eigenvalue weighted by molar-refractivity contribution is 5.89. The van der Waals surface area contributed by atoms with Crippen LogP contribution in [0.15, 0.2) is 36.9 Å². The second kappa shape index (κ2) is 5.79. The Morgan fingerprint density at radius 2 is 2.12 bits per heavy atom. The van der Waals surface area contributed by atoms with E-state index in [1.807, 2.05) is 0 Å². The molecular weight excluding hydrogens is 222 g/mol. The van der Waals surface area contributed by atoms with E-state index in [9.17, 15) is 14.9 Å². The minimum atomic E-state index is -0.518. The summed E-state index contributed by atoms with van der Waals surface area (Å²) in [5.74, 6) is -0.491. The minimum absolute atomic E-state index is 0.0549. The number of carbonyl (C=O) groups is 1. The van der Waals surface area contributed by atoms with Gasteiger partial charge in [-0.1, -0.05) is 6.08 Å². The maximum Gasteiger partial charge on any atom is 0.338 e. The van der Waals surface area contributed by atoms with Crippen molar-refractivity contribution in [2.45, 2.75) is 19.4 Å². The molecule has 0 fully saturated rings. The molecule has 5 nitrogen and oxygen atoms in total. The molecule has 0 bridgehead atoms. The van der Waals surface area contributed by atoms with E-state index >= 15 is 0 Å². The number of benzene rings is 1. The lowest BCUT2D eigenvalue weighted by Gasteiger charge is -2.10. The molecule has 0 aliphatic carbocycles. The van der Waals surface area contributed by atoms with E-state index in [-0.39, 0.29) is 11.8 Å². The first-order valence-electron chi connectivity index (χ1n) is 5.11. The van der Waals surface area contributed by atoms with E-state index in [1.165, 1.54) is 24.3 Å². The standard InChI is InChI=1S/C12H13NO4/c1-3-4-9(2)17-12(14)10-5-7-11(8-6-10)13(15)16/h3,5-9H,1,4H2,2H3. The number of hydrogen-bond acceptors (Lipinski definition) is 4. The van der Waals surface area contributed by atoms with Crippen LogP contribution >= 0.6 is 0 Å². The SMILES string of the molecule is C=CCC(C)OC(=O)c1ccc([N+](=O)[O-])cc1. The van der Waals surface area contributed by atoms with Crippen molar-refractivity contribution in [3.8, 4) is 0 Å². The first-order chi connectivity index (χ1) is 8.04. The van der Waals surface area contributed by atoms with Gasteiger partial charge in [0, 0.05) is 18.6 Å². The average Bonchev–Trinajstić information content (AvgIpc) is 2.29. The zero-order valence-electron chi connectivity index (χ0n) is 9.46. The maximum absolute atomic E-state index is 11.6. The molecule has 0 radical (unpaired) electrons. The fourth-order valence-corrected chi connectivity index (χ4v) is 1.25. The molecular formula is C12H13NO4. The lowest BCUT2D eigenvalue weighted by molar-refractivity contribution is -0.384. The maximum atomic E-state index is 11.6. The number of nitrogens with zero attached hydrogens (tertiary/aromatic N) is 1. The van der Waals surface area contributed by atoms with E-state index in [4.69, 9.17) is 4.74 Å². The van der Waals surface area contributed by atoms with Gasteiger partial charge in [0.25, 0.3) is 5.69 Å². The van der Waals surface area contributed by atoms with Crippen molar-refractivity contribution in [3.63, 3.8) is 0 Å². The number of nitro benzene ring substituents is 1. The zero-order chi connectivity index (χ0) is 12.8. The Morgan fingerprint density at radius 1 is 1.53 bits per heavy atom. The fourth-order valence-electron chi connectivity index (χ4n) is 1.25. The van der Waals surface area contributed by atoms with E-state index in [2.05, 4.69) is 6.58 Å². The molecule has 0 N–H and O–H groups in total. The minimum Gasteiger partial charge on any atom is -0.459 e. The molecule has 0 saturated carbocycles. The predicted octanol–water partition coefficient (Wildman–Crippen LogP) is 2.72. The van der Waals surface area contributed by atoms with Crippen LogP contribution in [0.3, 0.4) is 0 Å². The lowest BCUT2D eigenvalue weighted by atomic mass is 10.2. The van der Waals surface area contributed by atoms with Crippen molar-refractivity contribution in [2.75, 3.05) is 0 Å². The van der Waals surface area contributed by atoms with Crippen LogP contribution in [0, 0.1) is 10.1 Å². The Kier molecular flexibility index (Phi) is 4.39. The molecule has 0 saturated heterocycles. The Balaban J connectivity index is 2.69. The monoisotopic (exact) mass is 235 g/mol. The Bertz CT molecular complexity index is 425. The summed E-state index contributed by atoms with van der Waals surface area (Å²) >= 11 is 0. The van der Waals surface area contributed by atoms with Gasteiger partial charge >= 0.3 is 5.97 Å². The van der Waals surface area contributed by atoms with Crippen molar-refractivity contribution >= 4 is 11.7 Å². The largest absolute Gasteiger partial charge is 0.459 e. The third-order valence-corrected chi connectivity index (χ3v) is 2.12. The molecule has 1 aromatic carbocycles. The van der Waals surface area contributed by atoms with Gasteiger partial charge in [-0.2, -0.15) is 0 Å². The van der Waals surface area contributed by atoms with E-state index < -0.39 is 10.9 Å². The van der Waals surface area contributed by atoms with Crippen LogP contribution in [0.1, 0.15) is 23.7 Å². The number of nitro groups is 1. The molecule has 0 aromatic heterocycles. The van der Waals surface area contributed by atoms with Crippen molar-refractivity contribution in [2.24, 2.45) is 0 Å². The first kappa shape index (κ1) is 12.9. The van der Waals surface area contributed by atoms with Crippen LogP contribution in [0.5, 0.6) is 0 Å². The third-order valence-electron chi connectivity index (χ3n) is 2.12. The molecule has 1 rings (SSSR count). The van der Waals surface area contributed by atoms with Gasteiger partial charge in [-0.15, -0.1) is 6.58 Å². The summed E-state index contributed by atoms with van der Waals surface area (Å²) in [5.41, 5.74) is 0.243. The van der Waals surface area contributed by atoms with Gasteiger partial charge in [0.05, 0.1) is 10.5 Å². The van der Waals surface area contributed by atoms with Crippen LogP contribution in [0.2, 0.25) is 0 Å². The Labute approximate surface area is 98.9 Å². The predicted molar refractivity (Wildman–Crippen MR) is 62.8 cm³/mol. The van der Waals surface area contributed by atoms with E-state index in [0.29, 0.717) is 12.0 Å². The molecule has 0 amide bonds. The molecule has 17 heavy (non-hydrogen) atoms. The molecule has 1 atom stereocenters. The van der Waals surface area contributed by atoms with Crippen molar-refractivity contribution in [1.29, 1.82) is 0 Å². The number of ether oxygens (including phenoxy) is 1. The number of rotatable bonds is 5. The first-order valence-corrected chi connectivity index (χ1v) is 5.11. The van der Waals surface area contributed by atoms with Crippen LogP contribution < -0.4 is 0 Å². The molecule has 1 aromatic rings. The van der Waals surface area contributed by atoms with Crippen LogP contribution in [-0.2, 0) is 4.74 Å². The second-order valence-corrected chi connectivity index (χ2v) is 3.54.